The van der Waals surface area contributed by atoms with E-state index in [-0.39, 0.29) is 29.2 Å². The molecule has 0 unspecified atom stereocenters. The van der Waals surface area contributed by atoms with Crippen LogP contribution in [0.3, 0.4) is 0 Å². The highest BCUT2D eigenvalue weighted by Gasteiger charge is 2.42. The molecule has 4 heterocycles. The molecule has 0 bridgehead atoms. The second-order valence-corrected chi connectivity index (χ2v) is 8.83. The lowest BCUT2D eigenvalue weighted by Gasteiger charge is -2.48. The van der Waals surface area contributed by atoms with E-state index in [2.05, 4.69) is 9.97 Å². The van der Waals surface area contributed by atoms with Crippen molar-refractivity contribution in [2.75, 3.05) is 32.7 Å². The average Bonchev–Trinajstić information content (AvgIpc) is 3.40. The Labute approximate surface area is 171 Å². The molecule has 1 atom stereocenters. The Morgan fingerprint density at radius 1 is 1.17 bits per heavy atom. The molecule has 3 fully saturated rings. The maximum Gasteiger partial charge on any atom is 0.245 e. The molecule has 0 aromatic carbocycles. The summed E-state index contributed by atoms with van der Waals surface area (Å²) >= 11 is 0. The van der Waals surface area contributed by atoms with Crippen LogP contribution in [0.25, 0.3) is 0 Å². The molecule has 3 saturated heterocycles. The standard InChI is InChI=1S/C21H31N5O3/c1-16(26-9-2-3-19(26)28)20(29)24-11-7-21(8-12-24)6-4-18(27)25(14-21)10-5-17-13-22-15-23-17/h13,15-16H,2-12,14H2,1H3,(H,22,23)/t16-/m1/s1. The largest absolute Gasteiger partial charge is 0.348 e. The van der Waals surface area contributed by atoms with Gasteiger partial charge < -0.3 is 19.7 Å². The molecule has 158 valence electrons. The highest BCUT2D eigenvalue weighted by molar-refractivity contribution is 5.88. The van der Waals surface area contributed by atoms with Gasteiger partial charge in [0.15, 0.2) is 0 Å². The minimum absolute atomic E-state index is 0.0677. The first-order chi connectivity index (χ1) is 14.0. The van der Waals surface area contributed by atoms with E-state index in [1.807, 2.05) is 16.7 Å². The van der Waals surface area contributed by atoms with Crippen LogP contribution >= 0.6 is 0 Å². The molecule has 0 aliphatic carbocycles. The van der Waals surface area contributed by atoms with Crippen LogP contribution in [0.5, 0.6) is 0 Å². The van der Waals surface area contributed by atoms with E-state index < -0.39 is 0 Å². The molecule has 4 rings (SSSR count). The van der Waals surface area contributed by atoms with Gasteiger partial charge in [-0.3, -0.25) is 14.4 Å². The summed E-state index contributed by atoms with van der Waals surface area (Å²) in [5.41, 5.74) is 1.16. The second-order valence-electron chi connectivity index (χ2n) is 8.83. The number of aromatic nitrogens is 2. The van der Waals surface area contributed by atoms with E-state index in [4.69, 9.17) is 0 Å². The molecular formula is C21H31N5O3. The highest BCUT2D eigenvalue weighted by atomic mass is 16.2. The van der Waals surface area contributed by atoms with E-state index in [0.29, 0.717) is 39.0 Å². The number of hydrogen-bond donors (Lipinski definition) is 1. The number of nitrogens with one attached hydrogen (secondary N) is 1. The van der Waals surface area contributed by atoms with Gasteiger partial charge in [-0.25, -0.2) is 4.98 Å². The Balaban J connectivity index is 1.32. The van der Waals surface area contributed by atoms with Crippen molar-refractivity contribution < 1.29 is 14.4 Å². The molecule has 0 saturated carbocycles. The topological polar surface area (TPSA) is 89.6 Å². The lowest BCUT2D eigenvalue weighted by atomic mass is 9.72. The van der Waals surface area contributed by atoms with Crippen molar-refractivity contribution in [3.8, 4) is 0 Å². The molecule has 1 aromatic heterocycles. The predicted octanol–water partition coefficient (Wildman–Crippen LogP) is 1.19. The third-order valence-electron chi connectivity index (χ3n) is 7.02. The summed E-state index contributed by atoms with van der Waals surface area (Å²) in [4.78, 5) is 50.1. The van der Waals surface area contributed by atoms with Gasteiger partial charge in [-0.05, 0) is 38.0 Å². The zero-order valence-corrected chi connectivity index (χ0v) is 17.2. The minimum atomic E-state index is -0.363. The SMILES string of the molecule is C[C@H](C(=O)N1CCC2(CCC(=O)N(CCc3cnc[nH]3)C2)CC1)N1CCCC1=O. The summed E-state index contributed by atoms with van der Waals surface area (Å²) in [6.45, 7) is 5.46. The fraction of sp³-hybridized carbons (Fsp3) is 0.714. The maximum absolute atomic E-state index is 12.9. The van der Waals surface area contributed by atoms with Crippen molar-refractivity contribution in [1.29, 1.82) is 0 Å². The van der Waals surface area contributed by atoms with E-state index >= 15 is 0 Å². The monoisotopic (exact) mass is 401 g/mol. The molecule has 8 heteroatoms. The number of H-pyrrole nitrogens is 1. The van der Waals surface area contributed by atoms with E-state index in [1.54, 1.807) is 17.4 Å². The van der Waals surface area contributed by atoms with Crippen molar-refractivity contribution in [2.24, 2.45) is 5.41 Å². The molecule has 0 radical (unpaired) electrons. The molecule has 29 heavy (non-hydrogen) atoms. The maximum atomic E-state index is 12.9. The number of aromatic amines is 1. The van der Waals surface area contributed by atoms with Crippen LogP contribution in [-0.4, -0.2) is 81.2 Å². The van der Waals surface area contributed by atoms with Gasteiger partial charge in [-0.2, -0.15) is 0 Å². The normalized spacial score (nSPS) is 23.1. The Bertz CT molecular complexity index is 754. The van der Waals surface area contributed by atoms with Crippen LogP contribution in [0.2, 0.25) is 0 Å². The number of carbonyl (C=O) groups excluding carboxylic acids is 3. The predicted molar refractivity (Wildman–Crippen MR) is 107 cm³/mol. The Kier molecular flexibility index (Phi) is 5.61. The van der Waals surface area contributed by atoms with Crippen molar-refractivity contribution in [3.05, 3.63) is 18.2 Å². The van der Waals surface area contributed by atoms with Crippen molar-refractivity contribution in [3.63, 3.8) is 0 Å². The van der Waals surface area contributed by atoms with Crippen LogP contribution in [0.1, 0.15) is 51.1 Å². The van der Waals surface area contributed by atoms with Crippen LogP contribution in [0.15, 0.2) is 12.5 Å². The fourth-order valence-electron chi connectivity index (χ4n) is 5.07. The van der Waals surface area contributed by atoms with E-state index in [0.717, 1.165) is 44.3 Å². The summed E-state index contributed by atoms with van der Waals surface area (Å²) in [5.74, 6) is 0.394. The van der Waals surface area contributed by atoms with Crippen LogP contribution < -0.4 is 0 Å². The molecular weight excluding hydrogens is 370 g/mol. The molecule has 1 spiro atoms. The van der Waals surface area contributed by atoms with Crippen LogP contribution in [-0.2, 0) is 20.8 Å². The number of piperidine rings is 2. The molecule has 1 aromatic rings. The van der Waals surface area contributed by atoms with Gasteiger partial charge in [0.2, 0.25) is 17.7 Å². The molecule has 8 nitrogen and oxygen atoms in total. The molecule has 3 aliphatic heterocycles. The number of likely N-dealkylation sites (tertiary alicyclic amines) is 3. The summed E-state index contributed by atoms with van der Waals surface area (Å²) in [5, 5.41) is 0. The number of hydrogen-bond acceptors (Lipinski definition) is 4. The number of imidazole rings is 1. The fourth-order valence-corrected chi connectivity index (χ4v) is 5.07. The summed E-state index contributed by atoms with van der Waals surface area (Å²) in [6.07, 6.45) is 9.02. The first-order valence-corrected chi connectivity index (χ1v) is 10.8. The zero-order chi connectivity index (χ0) is 20.4. The first kappa shape index (κ1) is 19.9. The number of amides is 3. The number of carbonyl (C=O) groups is 3. The Morgan fingerprint density at radius 3 is 2.62 bits per heavy atom. The van der Waals surface area contributed by atoms with Gasteiger partial charge in [0.1, 0.15) is 6.04 Å². The number of rotatable bonds is 5. The number of nitrogens with zero attached hydrogens (tertiary/aromatic N) is 4. The van der Waals surface area contributed by atoms with Gasteiger partial charge in [0, 0.05) is 63.9 Å². The van der Waals surface area contributed by atoms with Crippen LogP contribution in [0.4, 0.5) is 0 Å². The van der Waals surface area contributed by atoms with E-state index in [9.17, 15) is 14.4 Å². The average molecular weight is 402 g/mol. The highest BCUT2D eigenvalue weighted by Crippen LogP contribution is 2.40. The van der Waals surface area contributed by atoms with Gasteiger partial charge in [-0.15, -0.1) is 0 Å². The summed E-state index contributed by atoms with van der Waals surface area (Å²) in [6, 6.07) is -0.363. The first-order valence-electron chi connectivity index (χ1n) is 10.8. The van der Waals surface area contributed by atoms with Gasteiger partial charge in [-0.1, -0.05) is 0 Å². The third-order valence-corrected chi connectivity index (χ3v) is 7.02. The molecule has 1 N–H and O–H groups in total. The van der Waals surface area contributed by atoms with Gasteiger partial charge in [0.25, 0.3) is 0 Å². The smallest absolute Gasteiger partial charge is 0.245 e. The van der Waals surface area contributed by atoms with Gasteiger partial charge in [0.05, 0.1) is 6.33 Å². The third kappa shape index (κ3) is 4.16. The minimum Gasteiger partial charge on any atom is -0.348 e. The lowest BCUT2D eigenvalue weighted by molar-refractivity contribution is -0.147. The zero-order valence-electron chi connectivity index (χ0n) is 17.2. The molecule has 3 amide bonds. The molecule has 3 aliphatic rings. The summed E-state index contributed by atoms with van der Waals surface area (Å²) < 4.78 is 0. The van der Waals surface area contributed by atoms with Crippen LogP contribution in [0, 0.1) is 5.41 Å². The quantitative estimate of drug-likeness (QED) is 0.803. The van der Waals surface area contributed by atoms with Crippen molar-refractivity contribution in [2.45, 2.75) is 57.9 Å². The van der Waals surface area contributed by atoms with Gasteiger partial charge >= 0.3 is 0 Å². The lowest BCUT2D eigenvalue weighted by Crippen LogP contribution is -2.55. The Morgan fingerprint density at radius 2 is 1.97 bits per heavy atom. The van der Waals surface area contributed by atoms with E-state index in [1.165, 1.54) is 0 Å². The van der Waals surface area contributed by atoms with Crippen molar-refractivity contribution in [1.82, 2.24) is 24.7 Å². The summed E-state index contributed by atoms with van der Waals surface area (Å²) in [7, 11) is 0. The van der Waals surface area contributed by atoms with Crippen molar-refractivity contribution >= 4 is 17.7 Å². The Hall–Kier alpha value is -2.38. The second kappa shape index (κ2) is 8.16.